The molecule has 1 aromatic carbocycles. The Morgan fingerprint density at radius 1 is 1.25 bits per heavy atom. The van der Waals surface area contributed by atoms with Gasteiger partial charge in [-0.15, -0.1) is 0 Å². The van der Waals surface area contributed by atoms with Crippen LogP contribution in [-0.2, 0) is 4.74 Å². The summed E-state index contributed by atoms with van der Waals surface area (Å²) >= 11 is 0. The number of rotatable bonds is 2. The Kier molecular flexibility index (Phi) is 2.61. The van der Waals surface area contributed by atoms with Crippen molar-refractivity contribution in [3.63, 3.8) is 0 Å². The lowest BCUT2D eigenvalue weighted by Gasteiger charge is -2.56. The van der Waals surface area contributed by atoms with Crippen molar-refractivity contribution in [1.82, 2.24) is 4.90 Å². The predicted octanol–water partition coefficient (Wildman–Crippen LogP) is 3.27. The van der Waals surface area contributed by atoms with Crippen molar-refractivity contribution in [1.29, 1.82) is 0 Å². The van der Waals surface area contributed by atoms with E-state index >= 15 is 0 Å². The Bertz CT molecular complexity index is 558. The summed E-state index contributed by atoms with van der Waals surface area (Å²) in [6.45, 7) is 6.44. The van der Waals surface area contributed by atoms with E-state index in [1.165, 1.54) is 5.70 Å². The summed E-state index contributed by atoms with van der Waals surface area (Å²) in [4.78, 5) is 2.44. The number of nitrogens with zero attached hydrogens (tertiary/aromatic N) is 1. The lowest BCUT2D eigenvalue weighted by Crippen LogP contribution is -2.62. The zero-order valence-corrected chi connectivity index (χ0v) is 12.1. The van der Waals surface area contributed by atoms with Gasteiger partial charge in [0, 0.05) is 24.6 Å². The first-order chi connectivity index (χ1) is 9.69. The molecule has 4 aliphatic rings. The normalized spacial score (nSPS) is 30.6. The lowest BCUT2D eigenvalue weighted by atomic mass is 9.78. The maximum atomic E-state index is 6.44. The fourth-order valence-electron chi connectivity index (χ4n) is 3.79. The molecule has 4 aliphatic heterocycles. The summed E-state index contributed by atoms with van der Waals surface area (Å²) in [5, 5.41) is 0. The Morgan fingerprint density at radius 3 is 2.75 bits per heavy atom. The maximum Gasteiger partial charge on any atom is 0.255 e. The fourth-order valence-corrected chi connectivity index (χ4v) is 3.79. The minimum Gasteiger partial charge on any atom is -0.455 e. The molecule has 2 bridgehead atoms. The first kappa shape index (κ1) is 12.3. The Morgan fingerprint density at radius 2 is 2.00 bits per heavy atom. The molecule has 0 radical (unpaired) electrons. The smallest absolute Gasteiger partial charge is 0.255 e. The van der Waals surface area contributed by atoms with E-state index in [-0.39, 0.29) is 6.10 Å². The summed E-state index contributed by atoms with van der Waals surface area (Å²) in [6.07, 6.45) is 4.74. The van der Waals surface area contributed by atoms with Crippen molar-refractivity contribution in [2.45, 2.75) is 38.6 Å². The molecule has 0 unspecified atom stereocenters. The van der Waals surface area contributed by atoms with Crippen molar-refractivity contribution < 1.29 is 9.47 Å². The van der Waals surface area contributed by atoms with Crippen LogP contribution in [0.5, 0.6) is 5.75 Å². The number of ether oxygens (including phenoxy) is 2. The minimum absolute atomic E-state index is 0.157. The van der Waals surface area contributed by atoms with E-state index in [4.69, 9.17) is 9.47 Å². The highest BCUT2D eigenvalue weighted by Crippen LogP contribution is 2.50. The molecule has 0 aromatic heterocycles. The molecule has 3 fully saturated rings. The average Bonchev–Trinajstić information content (AvgIpc) is 2.46. The van der Waals surface area contributed by atoms with Gasteiger partial charge in [-0.05, 0) is 38.8 Å². The summed E-state index contributed by atoms with van der Waals surface area (Å²) in [6, 6.07) is 8.25. The molecule has 0 saturated carbocycles. The predicted molar refractivity (Wildman–Crippen MR) is 78.3 cm³/mol. The van der Waals surface area contributed by atoms with E-state index in [9.17, 15) is 0 Å². The summed E-state index contributed by atoms with van der Waals surface area (Å²) in [7, 11) is 0. The van der Waals surface area contributed by atoms with Crippen LogP contribution in [0.3, 0.4) is 0 Å². The van der Waals surface area contributed by atoms with Gasteiger partial charge in [0.05, 0.1) is 11.8 Å². The molecule has 1 aromatic rings. The van der Waals surface area contributed by atoms with Gasteiger partial charge in [0.2, 0.25) is 0 Å². The average molecular weight is 271 g/mol. The third-order valence-corrected chi connectivity index (χ3v) is 4.61. The molecule has 20 heavy (non-hydrogen) atoms. The number of para-hydroxylation sites is 1. The van der Waals surface area contributed by atoms with Crippen LogP contribution < -0.4 is 4.74 Å². The van der Waals surface area contributed by atoms with Gasteiger partial charge in [-0.2, -0.15) is 0 Å². The molecule has 0 spiro atoms. The number of fused-ring (bicyclic) bond motifs is 3. The van der Waals surface area contributed by atoms with Crippen molar-refractivity contribution in [3.8, 4) is 5.75 Å². The highest BCUT2D eigenvalue weighted by molar-refractivity contribution is 5.64. The molecule has 3 heteroatoms. The lowest BCUT2D eigenvalue weighted by molar-refractivity contribution is -0.248. The second-order valence-corrected chi connectivity index (χ2v) is 6.26. The van der Waals surface area contributed by atoms with E-state index < -0.39 is 5.79 Å². The maximum absolute atomic E-state index is 6.44. The van der Waals surface area contributed by atoms with Gasteiger partial charge in [-0.1, -0.05) is 18.2 Å². The zero-order valence-electron chi connectivity index (χ0n) is 12.1. The minimum atomic E-state index is -0.557. The molecule has 0 N–H and O–H groups in total. The quantitative estimate of drug-likeness (QED) is 0.824. The zero-order chi connectivity index (χ0) is 13.7. The van der Waals surface area contributed by atoms with E-state index in [1.807, 2.05) is 12.1 Å². The van der Waals surface area contributed by atoms with E-state index in [2.05, 4.69) is 37.0 Å². The molecule has 0 aliphatic carbocycles. The van der Waals surface area contributed by atoms with Gasteiger partial charge in [0.1, 0.15) is 5.75 Å². The summed E-state index contributed by atoms with van der Waals surface area (Å²) in [5.41, 5.74) is 2.39. The third kappa shape index (κ3) is 1.62. The van der Waals surface area contributed by atoms with Crippen LogP contribution in [-0.4, -0.2) is 29.9 Å². The van der Waals surface area contributed by atoms with Crippen molar-refractivity contribution >= 4 is 6.08 Å². The van der Waals surface area contributed by atoms with Gasteiger partial charge in [0.15, 0.2) is 0 Å². The third-order valence-electron chi connectivity index (χ3n) is 4.61. The van der Waals surface area contributed by atoms with Crippen molar-refractivity contribution in [3.05, 3.63) is 35.5 Å². The summed E-state index contributed by atoms with van der Waals surface area (Å²) < 4.78 is 12.8. The second kappa shape index (κ2) is 4.26. The van der Waals surface area contributed by atoms with Crippen molar-refractivity contribution in [2.75, 3.05) is 13.1 Å². The standard InChI is InChI=1S/C17H21NO2/c1-12(2)19-17-14-7-9-18(10-8-14)16(17)11-13-5-3-4-6-15(13)20-17/h3-6,11-12,14H,7-10H2,1-2H3/t17-/m0/s1. The monoisotopic (exact) mass is 271 g/mol. The van der Waals surface area contributed by atoms with Crippen molar-refractivity contribution in [2.24, 2.45) is 5.92 Å². The number of hydrogen-bond donors (Lipinski definition) is 0. The second-order valence-electron chi connectivity index (χ2n) is 6.26. The number of hydrogen-bond acceptors (Lipinski definition) is 3. The van der Waals surface area contributed by atoms with E-state index in [1.54, 1.807) is 0 Å². The van der Waals surface area contributed by atoms with Gasteiger partial charge in [-0.3, -0.25) is 0 Å². The molecule has 5 rings (SSSR count). The van der Waals surface area contributed by atoms with Crippen LogP contribution in [0.25, 0.3) is 6.08 Å². The highest BCUT2D eigenvalue weighted by Gasteiger charge is 2.55. The summed E-state index contributed by atoms with van der Waals surface area (Å²) in [5.74, 6) is 0.860. The fraction of sp³-hybridized carbons (Fsp3) is 0.529. The van der Waals surface area contributed by atoms with Crippen LogP contribution in [0.15, 0.2) is 30.0 Å². The largest absolute Gasteiger partial charge is 0.455 e. The van der Waals surface area contributed by atoms with Crippen LogP contribution in [0.4, 0.5) is 0 Å². The molecule has 1 atom stereocenters. The number of benzene rings is 1. The van der Waals surface area contributed by atoms with Crippen LogP contribution >= 0.6 is 0 Å². The Labute approximate surface area is 120 Å². The first-order valence-electron chi connectivity index (χ1n) is 7.62. The molecule has 4 heterocycles. The SMILES string of the molecule is CC(C)O[C@@]12Oc3ccccc3C=C1N1CCC2CC1. The number of piperidine rings is 3. The van der Waals surface area contributed by atoms with Gasteiger partial charge < -0.3 is 14.4 Å². The van der Waals surface area contributed by atoms with E-state index in [0.29, 0.717) is 5.92 Å². The van der Waals surface area contributed by atoms with E-state index in [0.717, 1.165) is 37.2 Å². The molecule has 3 saturated heterocycles. The first-order valence-corrected chi connectivity index (χ1v) is 7.62. The molecule has 106 valence electrons. The van der Waals surface area contributed by atoms with Crippen LogP contribution in [0.2, 0.25) is 0 Å². The van der Waals surface area contributed by atoms with Crippen LogP contribution in [0, 0.1) is 5.92 Å². The Balaban J connectivity index is 1.85. The van der Waals surface area contributed by atoms with Gasteiger partial charge in [0.25, 0.3) is 5.79 Å². The van der Waals surface area contributed by atoms with Gasteiger partial charge >= 0.3 is 0 Å². The molecule has 0 amide bonds. The molecular weight excluding hydrogens is 250 g/mol. The van der Waals surface area contributed by atoms with Gasteiger partial charge in [-0.25, -0.2) is 0 Å². The molecule has 3 nitrogen and oxygen atoms in total. The Hall–Kier alpha value is -1.48. The van der Waals surface area contributed by atoms with Crippen LogP contribution in [0.1, 0.15) is 32.3 Å². The molecular formula is C17H21NO2. The topological polar surface area (TPSA) is 21.7 Å². The highest BCUT2D eigenvalue weighted by atomic mass is 16.7.